The molecule has 0 N–H and O–H groups in total. The van der Waals surface area contributed by atoms with Crippen LogP contribution >= 0.6 is 0 Å². The van der Waals surface area contributed by atoms with Crippen molar-refractivity contribution in [3.63, 3.8) is 0 Å². The van der Waals surface area contributed by atoms with E-state index in [1.165, 1.54) is 18.1 Å². The fourth-order valence-corrected chi connectivity index (χ4v) is 2.30. The van der Waals surface area contributed by atoms with E-state index in [1.807, 2.05) is 19.1 Å². The number of allylic oxidation sites excluding steroid dienone is 1. The molecule has 0 bridgehead atoms. The molecule has 1 aliphatic carbocycles. The number of carbonyl (C=O) groups is 1. The van der Waals surface area contributed by atoms with Crippen molar-refractivity contribution >= 4 is 11.5 Å². The molecule has 0 aromatic heterocycles. The Morgan fingerprint density at radius 2 is 2.19 bits per heavy atom. The Hall–Kier alpha value is -1.57. The molecule has 1 aromatic rings. The van der Waals surface area contributed by atoms with Gasteiger partial charge in [-0.05, 0) is 36.5 Å². The molecule has 2 rings (SSSR count). The van der Waals surface area contributed by atoms with Gasteiger partial charge < -0.3 is 4.74 Å². The minimum Gasteiger partial charge on any atom is -0.458 e. The van der Waals surface area contributed by atoms with E-state index >= 15 is 0 Å². The molecule has 1 aliphatic rings. The Kier molecular flexibility index (Phi) is 3.09. The summed E-state index contributed by atoms with van der Waals surface area (Å²) in [5.41, 5.74) is 3.71. The Morgan fingerprint density at radius 1 is 1.44 bits per heavy atom. The van der Waals surface area contributed by atoms with Gasteiger partial charge in [0.2, 0.25) is 0 Å². The van der Waals surface area contributed by atoms with E-state index in [-0.39, 0.29) is 12.1 Å². The predicted molar refractivity (Wildman–Crippen MR) is 64.0 cm³/mol. The molecule has 0 spiro atoms. The van der Waals surface area contributed by atoms with Crippen molar-refractivity contribution in [1.29, 1.82) is 0 Å². The molecule has 0 heterocycles. The first-order valence-corrected chi connectivity index (χ1v) is 5.64. The highest BCUT2D eigenvalue weighted by molar-refractivity contribution is 5.76. The second-order valence-electron chi connectivity index (χ2n) is 4.04. The van der Waals surface area contributed by atoms with Crippen molar-refractivity contribution in [2.24, 2.45) is 0 Å². The minimum atomic E-state index is -0.205. The van der Waals surface area contributed by atoms with E-state index in [9.17, 15) is 4.79 Å². The van der Waals surface area contributed by atoms with Crippen LogP contribution < -0.4 is 0 Å². The molecule has 0 saturated heterocycles. The summed E-state index contributed by atoms with van der Waals surface area (Å²) in [7, 11) is 0. The molecule has 1 atom stereocenters. The first-order valence-electron chi connectivity index (χ1n) is 5.64. The second-order valence-corrected chi connectivity index (χ2v) is 4.04. The summed E-state index contributed by atoms with van der Waals surface area (Å²) in [6.45, 7) is 3.46. The summed E-state index contributed by atoms with van der Waals surface area (Å²) >= 11 is 0. The molecule has 0 fully saturated rings. The lowest BCUT2D eigenvalue weighted by molar-refractivity contribution is -0.144. The van der Waals surface area contributed by atoms with Gasteiger partial charge >= 0.3 is 5.97 Å². The Balaban J connectivity index is 2.34. The molecule has 1 aromatic carbocycles. The zero-order chi connectivity index (χ0) is 11.5. The Labute approximate surface area is 95.9 Å². The van der Waals surface area contributed by atoms with E-state index in [2.05, 4.69) is 18.2 Å². The molecule has 84 valence electrons. The average molecular weight is 216 g/mol. The lowest BCUT2D eigenvalue weighted by Gasteiger charge is -2.27. The van der Waals surface area contributed by atoms with E-state index in [0.29, 0.717) is 0 Å². The summed E-state index contributed by atoms with van der Waals surface area (Å²) in [5.74, 6) is -0.205. The van der Waals surface area contributed by atoms with Crippen LogP contribution in [0.4, 0.5) is 0 Å². The fraction of sp³-hybridized carbons (Fsp3) is 0.357. The van der Waals surface area contributed by atoms with Gasteiger partial charge in [-0.2, -0.15) is 0 Å². The summed E-state index contributed by atoms with van der Waals surface area (Å²) in [6, 6.07) is 8.32. The van der Waals surface area contributed by atoms with Gasteiger partial charge in [0.05, 0.1) is 0 Å². The van der Waals surface area contributed by atoms with Gasteiger partial charge in [-0.15, -0.1) is 0 Å². The van der Waals surface area contributed by atoms with Crippen molar-refractivity contribution < 1.29 is 9.53 Å². The lowest BCUT2D eigenvalue weighted by atomic mass is 9.85. The van der Waals surface area contributed by atoms with Gasteiger partial charge in [0.15, 0.2) is 0 Å². The number of aryl methyl sites for hydroxylation is 1. The molecule has 0 radical (unpaired) electrons. The van der Waals surface area contributed by atoms with Crippen molar-refractivity contribution in [2.75, 3.05) is 0 Å². The molecule has 0 saturated carbocycles. The molecule has 2 heteroatoms. The van der Waals surface area contributed by atoms with Crippen LogP contribution in [0.3, 0.4) is 0 Å². The van der Waals surface area contributed by atoms with Crippen LogP contribution in [0.2, 0.25) is 0 Å². The third-order valence-corrected chi connectivity index (χ3v) is 2.97. The maximum absolute atomic E-state index is 11.0. The monoisotopic (exact) mass is 216 g/mol. The van der Waals surface area contributed by atoms with Crippen LogP contribution in [0.15, 0.2) is 30.3 Å². The van der Waals surface area contributed by atoms with E-state index < -0.39 is 0 Å². The Morgan fingerprint density at radius 3 is 2.88 bits per heavy atom. The zero-order valence-corrected chi connectivity index (χ0v) is 9.69. The van der Waals surface area contributed by atoms with Crippen LogP contribution in [0.25, 0.3) is 5.57 Å². The molecule has 0 aliphatic heterocycles. The first-order chi connectivity index (χ1) is 7.72. The summed E-state index contributed by atoms with van der Waals surface area (Å²) in [4.78, 5) is 11.0. The van der Waals surface area contributed by atoms with Gasteiger partial charge in [0.25, 0.3) is 0 Å². The minimum absolute atomic E-state index is 0.0719. The van der Waals surface area contributed by atoms with Gasteiger partial charge in [-0.25, -0.2) is 0 Å². The maximum atomic E-state index is 11.0. The zero-order valence-electron chi connectivity index (χ0n) is 9.69. The number of fused-ring (bicyclic) bond motifs is 1. The predicted octanol–water partition coefficient (Wildman–Crippen LogP) is 2.97. The fourth-order valence-electron chi connectivity index (χ4n) is 2.30. The number of rotatable bonds is 1. The van der Waals surface area contributed by atoms with Crippen molar-refractivity contribution in [2.45, 2.75) is 32.8 Å². The summed E-state index contributed by atoms with van der Waals surface area (Å²) in [5, 5.41) is 0. The lowest BCUT2D eigenvalue weighted by Crippen LogP contribution is -2.23. The smallest absolute Gasteiger partial charge is 0.303 e. The highest BCUT2D eigenvalue weighted by atomic mass is 16.5. The van der Waals surface area contributed by atoms with Crippen LogP contribution in [0.1, 0.15) is 31.4 Å². The van der Waals surface area contributed by atoms with E-state index in [1.54, 1.807) is 0 Å². The standard InChI is InChI=1S/C14H16O2/c1-3-12-13-7-5-4-6-11(13)8-9-14(12)16-10(2)15/h3-7,14H,8-9H2,1-2H3/b12-3-. The highest BCUT2D eigenvalue weighted by Crippen LogP contribution is 2.32. The molecule has 0 amide bonds. The molecule has 2 nitrogen and oxygen atoms in total. The van der Waals surface area contributed by atoms with Gasteiger partial charge in [-0.1, -0.05) is 30.3 Å². The number of esters is 1. The molecule has 16 heavy (non-hydrogen) atoms. The third kappa shape index (κ3) is 2.01. The van der Waals surface area contributed by atoms with Gasteiger partial charge in [0.1, 0.15) is 6.10 Å². The highest BCUT2D eigenvalue weighted by Gasteiger charge is 2.24. The molecule has 1 unspecified atom stereocenters. The van der Waals surface area contributed by atoms with Crippen LogP contribution in [-0.4, -0.2) is 12.1 Å². The molecular weight excluding hydrogens is 200 g/mol. The topological polar surface area (TPSA) is 26.3 Å². The SMILES string of the molecule is C/C=C1/c2ccccc2CCC1OC(C)=O. The number of carbonyl (C=O) groups excluding carboxylic acids is 1. The normalized spacial score (nSPS) is 21.6. The van der Waals surface area contributed by atoms with E-state index in [0.717, 1.165) is 18.4 Å². The first kappa shape index (κ1) is 10.9. The third-order valence-electron chi connectivity index (χ3n) is 2.97. The number of hydrogen-bond acceptors (Lipinski definition) is 2. The summed E-state index contributed by atoms with van der Waals surface area (Å²) in [6.07, 6.45) is 3.84. The van der Waals surface area contributed by atoms with Crippen LogP contribution in [-0.2, 0) is 16.0 Å². The van der Waals surface area contributed by atoms with Crippen LogP contribution in [0.5, 0.6) is 0 Å². The van der Waals surface area contributed by atoms with Crippen LogP contribution in [0, 0.1) is 0 Å². The number of ether oxygens (including phenoxy) is 1. The van der Waals surface area contributed by atoms with Gasteiger partial charge in [0, 0.05) is 6.92 Å². The van der Waals surface area contributed by atoms with E-state index in [4.69, 9.17) is 4.74 Å². The van der Waals surface area contributed by atoms with Crippen molar-refractivity contribution in [3.8, 4) is 0 Å². The number of hydrogen-bond donors (Lipinski definition) is 0. The number of benzene rings is 1. The second kappa shape index (κ2) is 4.52. The quantitative estimate of drug-likeness (QED) is 0.675. The average Bonchev–Trinajstić information content (AvgIpc) is 2.28. The van der Waals surface area contributed by atoms with Gasteiger partial charge in [-0.3, -0.25) is 4.79 Å². The largest absolute Gasteiger partial charge is 0.458 e. The molecular formula is C14H16O2. The summed E-state index contributed by atoms with van der Waals surface area (Å²) < 4.78 is 5.34. The van der Waals surface area contributed by atoms with Crippen molar-refractivity contribution in [3.05, 3.63) is 41.5 Å². The van der Waals surface area contributed by atoms with Crippen molar-refractivity contribution in [1.82, 2.24) is 0 Å². The maximum Gasteiger partial charge on any atom is 0.303 e. The Bertz CT molecular complexity index is 432.